The Morgan fingerprint density at radius 3 is 2.68 bits per heavy atom. The molecule has 1 heterocycles. The largest absolute Gasteiger partial charge is 0.459 e. The van der Waals surface area contributed by atoms with Gasteiger partial charge in [0.25, 0.3) is 5.91 Å². The van der Waals surface area contributed by atoms with Crippen molar-refractivity contribution in [1.29, 1.82) is 0 Å². The summed E-state index contributed by atoms with van der Waals surface area (Å²) >= 11 is 0. The van der Waals surface area contributed by atoms with Gasteiger partial charge < -0.3 is 10.1 Å². The molecule has 5 atom stereocenters. The van der Waals surface area contributed by atoms with Crippen molar-refractivity contribution in [2.45, 2.75) is 103 Å². The number of hydrogen-bond acceptors (Lipinski definition) is 4. The molecule has 2 fully saturated rings. The highest BCUT2D eigenvalue weighted by molar-refractivity contribution is 6.01. The van der Waals surface area contributed by atoms with E-state index >= 15 is 4.39 Å². The smallest absolute Gasteiger partial charge is 0.320 e. The van der Waals surface area contributed by atoms with Crippen molar-refractivity contribution in [1.82, 2.24) is 5.32 Å². The number of hydrogen-bond donors (Lipinski definition) is 2. The maximum atomic E-state index is 15.4. The van der Waals surface area contributed by atoms with Crippen molar-refractivity contribution in [2.75, 3.05) is 11.9 Å². The number of carbonyl (C=O) groups is 2. The first-order chi connectivity index (χ1) is 15.9. The molecule has 0 aromatic heterocycles. The number of nitrogens with one attached hydrogen (secondary N) is 2. The lowest BCUT2D eigenvalue weighted by Crippen LogP contribution is -2.55. The van der Waals surface area contributed by atoms with Crippen molar-refractivity contribution in [3.63, 3.8) is 0 Å². The van der Waals surface area contributed by atoms with Crippen LogP contribution < -0.4 is 10.6 Å². The van der Waals surface area contributed by atoms with Gasteiger partial charge in [-0.25, -0.2) is 4.39 Å². The molecule has 1 aliphatic heterocycles. The summed E-state index contributed by atoms with van der Waals surface area (Å²) in [6.45, 7) is 12.5. The van der Waals surface area contributed by atoms with Crippen molar-refractivity contribution >= 4 is 17.6 Å². The average Bonchev–Trinajstić information content (AvgIpc) is 3.14. The van der Waals surface area contributed by atoms with Crippen LogP contribution in [0.4, 0.5) is 10.1 Å². The molecule has 0 saturated heterocycles. The van der Waals surface area contributed by atoms with Crippen LogP contribution in [-0.4, -0.2) is 29.7 Å². The zero-order valence-electron chi connectivity index (χ0n) is 21.6. The van der Waals surface area contributed by atoms with E-state index in [0.29, 0.717) is 30.6 Å². The highest BCUT2D eigenvalue weighted by atomic mass is 19.1. The summed E-state index contributed by atoms with van der Waals surface area (Å²) in [6, 6.07) is 6.16. The molecule has 0 radical (unpaired) electrons. The molecule has 2 N–H and O–H groups in total. The number of halogens is 1. The number of alkyl halides is 1. The van der Waals surface area contributed by atoms with E-state index in [9.17, 15) is 9.59 Å². The van der Waals surface area contributed by atoms with Crippen molar-refractivity contribution in [2.24, 2.45) is 17.8 Å². The summed E-state index contributed by atoms with van der Waals surface area (Å²) in [6.07, 6.45) is 4.81. The standard InChI is InChI=1S/C28H41FN2O3/c1-17(2)21-12-9-18(3)15-28(21,30-16-24(32)34-26(4,5)6)19-10-11-20-22-8-7-13-27(22,29)25(33)31-23(20)14-19/h10-11,14,17-18,21-22,30H,7-9,12-13,15-16H2,1-6H3,(H,31,33). The lowest BCUT2D eigenvalue weighted by atomic mass is 9.62. The molecule has 3 aliphatic rings. The number of amides is 1. The summed E-state index contributed by atoms with van der Waals surface area (Å²) in [4.78, 5) is 25.4. The van der Waals surface area contributed by atoms with Crippen LogP contribution in [0.2, 0.25) is 0 Å². The Labute approximate surface area is 203 Å². The molecule has 2 aliphatic carbocycles. The van der Waals surface area contributed by atoms with Crippen molar-refractivity contribution in [3.05, 3.63) is 29.3 Å². The van der Waals surface area contributed by atoms with E-state index < -0.39 is 22.7 Å². The van der Waals surface area contributed by atoms with E-state index in [0.717, 1.165) is 42.5 Å². The minimum absolute atomic E-state index is 0.118. The lowest BCUT2D eigenvalue weighted by Gasteiger charge is -2.50. The minimum Gasteiger partial charge on any atom is -0.459 e. The van der Waals surface area contributed by atoms with Gasteiger partial charge in [0.05, 0.1) is 6.54 Å². The van der Waals surface area contributed by atoms with Crippen LogP contribution in [0, 0.1) is 17.8 Å². The fraction of sp³-hybridized carbons (Fsp3) is 0.714. The maximum Gasteiger partial charge on any atom is 0.320 e. The molecule has 1 aromatic carbocycles. The first kappa shape index (κ1) is 25.2. The Bertz CT molecular complexity index is 955. The number of rotatable bonds is 5. The van der Waals surface area contributed by atoms with Gasteiger partial charge in [-0.15, -0.1) is 0 Å². The zero-order chi connectivity index (χ0) is 24.9. The van der Waals surface area contributed by atoms with Crippen molar-refractivity contribution in [3.8, 4) is 0 Å². The van der Waals surface area contributed by atoms with Crippen molar-refractivity contribution < 1.29 is 18.7 Å². The van der Waals surface area contributed by atoms with Crippen LogP contribution >= 0.6 is 0 Å². The van der Waals surface area contributed by atoms with Gasteiger partial charge in [-0.2, -0.15) is 0 Å². The highest BCUT2D eigenvalue weighted by Gasteiger charge is 2.54. The predicted octanol–water partition coefficient (Wildman–Crippen LogP) is 5.83. The molecule has 2 saturated carbocycles. The molecule has 5 unspecified atom stereocenters. The number of benzene rings is 1. The maximum absolute atomic E-state index is 15.4. The fourth-order valence-corrected chi connectivity index (χ4v) is 6.77. The predicted molar refractivity (Wildman–Crippen MR) is 132 cm³/mol. The quantitative estimate of drug-likeness (QED) is 0.529. The summed E-state index contributed by atoms with van der Waals surface area (Å²) in [5.74, 6) is 0.0508. The second kappa shape index (κ2) is 8.92. The Kier molecular flexibility index (Phi) is 6.60. The third kappa shape index (κ3) is 4.50. The third-order valence-corrected chi connectivity index (χ3v) is 8.20. The molecule has 188 valence electrons. The normalized spacial score (nSPS) is 33.3. The van der Waals surface area contributed by atoms with E-state index in [1.54, 1.807) is 0 Å². The number of ether oxygens (including phenoxy) is 1. The third-order valence-electron chi connectivity index (χ3n) is 8.20. The Hall–Kier alpha value is -1.95. The van der Waals surface area contributed by atoms with Gasteiger partial charge in [0.15, 0.2) is 5.67 Å². The van der Waals surface area contributed by atoms with E-state index in [1.807, 2.05) is 32.9 Å². The van der Waals surface area contributed by atoms with Gasteiger partial charge >= 0.3 is 5.97 Å². The molecule has 1 amide bonds. The van der Waals surface area contributed by atoms with Gasteiger partial charge in [-0.05, 0) is 87.8 Å². The van der Waals surface area contributed by atoms with Crippen LogP contribution in [0.3, 0.4) is 0 Å². The summed E-state index contributed by atoms with van der Waals surface area (Å²) in [5, 5.41) is 6.53. The number of esters is 1. The first-order valence-corrected chi connectivity index (χ1v) is 13.0. The van der Waals surface area contributed by atoms with E-state index in [-0.39, 0.29) is 18.4 Å². The van der Waals surface area contributed by atoms with Crippen LogP contribution in [0.15, 0.2) is 18.2 Å². The molecular formula is C28H41FN2O3. The monoisotopic (exact) mass is 472 g/mol. The van der Waals surface area contributed by atoms with Gasteiger partial charge in [-0.3, -0.25) is 14.9 Å². The van der Waals surface area contributed by atoms with Crippen LogP contribution in [0.5, 0.6) is 0 Å². The molecular weight excluding hydrogens is 431 g/mol. The van der Waals surface area contributed by atoms with Gasteiger partial charge in [0.2, 0.25) is 0 Å². The Morgan fingerprint density at radius 1 is 1.26 bits per heavy atom. The number of anilines is 1. The van der Waals surface area contributed by atoms with E-state index in [1.165, 1.54) is 0 Å². The van der Waals surface area contributed by atoms with Gasteiger partial charge in [0.1, 0.15) is 5.60 Å². The molecule has 6 heteroatoms. The number of carbonyl (C=O) groups excluding carboxylic acids is 2. The molecule has 4 rings (SSSR count). The summed E-state index contributed by atoms with van der Waals surface area (Å²) in [5.41, 5.74) is -0.0785. The SMILES string of the molecule is CC1CCC(C(C)C)C(NCC(=O)OC(C)(C)C)(c2ccc3c(c2)NC(=O)C2(F)CCCC32)C1. The van der Waals surface area contributed by atoms with Gasteiger partial charge in [0, 0.05) is 17.1 Å². The molecule has 0 bridgehead atoms. The fourth-order valence-electron chi connectivity index (χ4n) is 6.77. The van der Waals surface area contributed by atoms with Crippen LogP contribution in [0.25, 0.3) is 0 Å². The number of fused-ring (bicyclic) bond motifs is 3. The zero-order valence-corrected chi connectivity index (χ0v) is 21.6. The Morgan fingerprint density at radius 2 is 2.00 bits per heavy atom. The highest BCUT2D eigenvalue weighted by Crippen LogP contribution is 2.53. The minimum atomic E-state index is -1.79. The molecule has 0 spiro atoms. The molecule has 34 heavy (non-hydrogen) atoms. The van der Waals surface area contributed by atoms with Gasteiger partial charge in [-0.1, -0.05) is 39.3 Å². The van der Waals surface area contributed by atoms with Crippen LogP contribution in [0.1, 0.15) is 97.1 Å². The topological polar surface area (TPSA) is 67.4 Å². The lowest BCUT2D eigenvalue weighted by molar-refractivity contribution is -0.154. The summed E-state index contributed by atoms with van der Waals surface area (Å²) in [7, 11) is 0. The van der Waals surface area contributed by atoms with Crippen LogP contribution in [-0.2, 0) is 19.9 Å². The summed E-state index contributed by atoms with van der Waals surface area (Å²) < 4.78 is 21.0. The molecule has 5 nitrogen and oxygen atoms in total. The second-order valence-corrected chi connectivity index (χ2v) is 12.2. The first-order valence-electron chi connectivity index (χ1n) is 13.0. The Balaban J connectivity index is 1.73. The van der Waals surface area contributed by atoms with E-state index in [2.05, 4.69) is 37.5 Å². The second-order valence-electron chi connectivity index (χ2n) is 12.2. The molecule has 1 aromatic rings. The average molecular weight is 473 g/mol. The van der Waals surface area contributed by atoms with E-state index in [4.69, 9.17) is 4.74 Å².